The lowest BCUT2D eigenvalue weighted by Crippen LogP contribution is -2.14. The first-order chi connectivity index (χ1) is 14.8. The molecule has 0 aliphatic rings. The van der Waals surface area contributed by atoms with Crippen LogP contribution in [0.4, 0.5) is 23.7 Å². The van der Waals surface area contributed by atoms with Gasteiger partial charge in [0.2, 0.25) is 5.82 Å². The SMILES string of the molecule is Cc1ccc(COC(=O)Nc2ccc(-c3noc(C(F)(F)F)n3)c3ncccc23)cn1. The Hall–Kier alpha value is -4.02. The Balaban J connectivity index is 1.57. The molecule has 1 amide bonds. The quantitative estimate of drug-likeness (QED) is 0.499. The van der Waals surface area contributed by atoms with Crippen LogP contribution in [0.15, 0.2) is 53.3 Å². The van der Waals surface area contributed by atoms with Crippen LogP contribution in [0.5, 0.6) is 0 Å². The molecule has 0 aliphatic carbocycles. The van der Waals surface area contributed by atoms with Gasteiger partial charge >= 0.3 is 18.2 Å². The summed E-state index contributed by atoms with van der Waals surface area (Å²) in [6, 6.07) is 9.81. The van der Waals surface area contributed by atoms with Gasteiger partial charge in [0.25, 0.3) is 0 Å². The topological polar surface area (TPSA) is 103 Å². The van der Waals surface area contributed by atoms with Crippen LogP contribution in [0, 0.1) is 6.92 Å². The summed E-state index contributed by atoms with van der Waals surface area (Å²) in [4.78, 5) is 23.9. The minimum Gasteiger partial charge on any atom is -0.444 e. The number of carbonyl (C=O) groups is 1. The smallest absolute Gasteiger partial charge is 0.444 e. The van der Waals surface area contributed by atoms with E-state index in [9.17, 15) is 18.0 Å². The lowest BCUT2D eigenvalue weighted by atomic mass is 10.1. The van der Waals surface area contributed by atoms with Gasteiger partial charge < -0.3 is 9.26 Å². The maximum Gasteiger partial charge on any atom is 0.471 e. The van der Waals surface area contributed by atoms with E-state index in [0.717, 1.165) is 11.3 Å². The van der Waals surface area contributed by atoms with E-state index in [-0.39, 0.29) is 23.5 Å². The number of aryl methyl sites for hydroxylation is 1. The second-order valence-corrected chi connectivity index (χ2v) is 6.49. The highest BCUT2D eigenvalue weighted by Crippen LogP contribution is 2.33. The van der Waals surface area contributed by atoms with Crippen molar-refractivity contribution in [1.29, 1.82) is 0 Å². The van der Waals surface area contributed by atoms with Crippen molar-refractivity contribution < 1.29 is 27.2 Å². The van der Waals surface area contributed by atoms with Gasteiger partial charge in [-0.25, -0.2) is 4.79 Å². The largest absolute Gasteiger partial charge is 0.471 e. The van der Waals surface area contributed by atoms with Gasteiger partial charge in [0.15, 0.2) is 0 Å². The molecule has 8 nitrogen and oxygen atoms in total. The number of aromatic nitrogens is 4. The Morgan fingerprint density at radius 3 is 2.71 bits per heavy atom. The number of fused-ring (bicyclic) bond motifs is 1. The number of hydrogen-bond donors (Lipinski definition) is 1. The molecule has 4 aromatic rings. The van der Waals surface area contributed by atoms with Gasteiger partial charge in [-0.05, 0) is 37.3 Å². The maximum absolute atomic E-state index is 12.8. The zero-order chi connectivity index (χ0) is 22.0. The molecule has 1 N–H and O–H groups in total. The molecule has 0 fully saturated rings. The van der Waals surface area contributed by atoms with Crippen LogP contribution >= 0.6 is 0 Å². The zero-order valence-corrected chi connectivity index (χ0v) is 16.0. The van der Waals surface area contributed by atoms with Crippen molar-refractivity contribution in [3.8, 4) is 11.4 Å². The molecule has 1 aromatic carbocycles. The summed E-state index contributed by atoms with van der Waals surface area (Å²) in [6.45, 7) is 1.87. The molecule has 11 heteroatoms. The highest BCUT2D eigenvalue weighted by molar-refractivity contribution is 6.03. The number of carbonyl (C=O) groups excluding carboxylic acids is 1. The Kier molecular flexibility index (Phi) is 5.24. The number of nitrogens with zero attached hydrogens (tertiary/aromatic N) is 4. The Labute approximate surface area is 173 Å². The third-order valence-electron chi connectivity index (χ3n) is 4.26. The normalized spacial score (nSPS) is 11.5. The number of benzene rings is 1. The average Bonchev–Trinajstić information content (AvgIpc) is 3.24. The summed E-state index contributed by atoms with van der Waals surface area (Å²) in [5.74, 6) is -1.72. The maximum atomic E-state index is 12.8. The van der Waals surface area contributed by atoms with Gasteiger partial charge in [-0.1, -0.05) is 11.2 Å². The average molecular weight is 429 g/mol. The van der Waals surface area contributed by atoms with E-state index in [1.807, 2.05) is 6.92 Å². The first-order valence-corrected chi connectivity index (χ1v) is 8.95. The molecule has 0 radical (unpaired) electrons. The lowest BCUT2D eigenvalue weighted by Gasteiger charge is -2.11. The van der Waals surface area contributed by atoms with E-state index >= 15 is 0 Å². The number of alkyl halides is 3. The highest BCUT2D eigenvalue weighted by Gasteiger charge is 2.38. The molecular formula is C20H14F3N5O3. The minimum atomic E-state index is -4.76. The number of pyridine rings is 2. The predicted octanol–water partition coefficient (Wildman–Crippen LogP) is 4.76. The molecule has 3 heterocycles. The van der Waals surface area contributed by atoms with Crippen LogP contribution in [0.25, 0.3) is 22.3 Å². The van der Waals surface area contributed by atoms with E-state index in [1.54, 1.807) is 30.5 Å². The van der Waals surface area contributed by atoms with Crippen LogP contribution in [-0.2, 0) is 17.5 Å². The second-order valence-electron chi connectivity index (χ2n) is 6.49. The third kappa shape index (κ3) is 4.44. The number of ether oxygens (including phenoxy) is 1. The molecule has 0 saturated carbocycles. The van der Waals surface area contributed by atoms with E-state index in [4.69, 9.17) is 4.74 Å². The number of halogens is 3. The molecule has 4 rings (SSSR count). The van der Waals surface area contributed by atoms with Crippen LogP contribution in [0.3, 0.4) is 0 Å². The van der Waals surface area contributed by atoms with Crippen molar-refractivity contribution >= 4 is 22.7 Å². The monoisotopic (exact) mass is 429 g/mol. The Morgan fingerprint density at radius 1 is 1.16 bits per heavy atom. The summed E-state index contributed by atoms with van der Waals surface area (Å²) in [5, 5.41) is 6.47. The summed E-state index contributed by atoms with van der Waals surface area (Å²) < 4.78 is 47.8. The number of nitrogens with one attached hydrogen (secondary N) is 1. The Morgan fingerprint density at radius 2 is 2.00 bits per heavy atom. The number of amides is 1. The predicted molar refractivity (Wildman–Crippen MR) is 103 cm³/mol. The third-order valence-corrected chi connectivity index (χ3v) is 4.26. The standard InChI is InChI=1S/C20H14F3N5O3/c1-11-4-5-12(9-25-11)10-30-19(29)26-15-7-6-14(16-13(15)3-2-8-24-16)17-27-18(31-28-17)20(21,22)23/h2-9H,10H2,1H3,(H,26,29). The second kappa shape index (κ2) is 8.01. The zero-order valence-electron chi connectivity index (χ0n) is 16.0. The van der Waals surface area contributed by atoms with Gasteiger partial charge in [-0.15, -0.1) is 0 Å². The fourth-order valence-electron chi connectivity index (χ4n) is 2.79. The molecule has 0 saturated heterocycles. The van der Waals surface area contributed by atoms with E-state index < -0.39 is 18.2 Å². The van der Waals surface area contributed by atoms with Crippen molar-refractivity contribution in [1.82, 2.24) is 20.1 Å². The van der Waals surface area contributed by atoms with E-state index in [0.29, 0.717) is 11.1 Å². The number of rotatable bonds is 4. The number of anilines is 1. The summed E-state index contributed by atoms with van der Waals surface area (Å²) in [7, 11) is 0. The highest BCUT2D eigenvalue weighted by atomic mass is 19.4. The molecule has 0 bridgehead atoms. The first kappa shape index (κ1) is 20.3. The van der Waals surface area contributed by atoms with E-state index in [2.05, 4.69) is 29.9 Å². The summed E-state index contributed by atoms with van der Waals surface area (Å²) in [6.07, 6.45) is -2.40. The fraction of sp³-hybridized carbons (Fsp3) is 0.150. The lowest BCUT2D eigenvalue weighted by molar-refractivity contribution is -0.159. The van der Waals surface area contributed by atoms with Crippen LogP contribution in [0.2, 0.25) is 0 Å². The molecule has 0 atom stereocenters. The summed E-state index contributed by atoms with van der Waals surface area (Å²) in [5.41, 5.74) is 2.44. The van der Waals surface area contributed by atoms with Crippen molar-refractivity contribution in [2.24, 2.45) is 0 Å². The van der Waals surface area contributed by atoms with Crippen molar-refractivity contribution in [3.05, 3.63) is 65.9 Å². The first-order valence-electron chi connectivity index (χ1n) is 8.95. The van der Waals surface area contributed by atoms with Gasteiger partial charge in [-0.3, -0.25) is 15.3 Å². The molecule has 3 aromatic heterocycles. The van der Waals surface area contributed by atoms with Gasteiger partial charge in [0.05, 0.1) is 11.2 Å². The molecule has 0 aliphatic heterocycles. The molecule has 31 heavy (non-hydrogen) atoms. The number of hydrogen-bond acceptors (Lipinski definition) is 7. The van der Waals surface area contributed by atoms with Crippen molar-refractivity contribution in [2.75, 3.05) is 5.32 Å². The molecule has 158 valence electrons. The van der Waals surface area contributed by atoms with Crippen molar-refractivity contribution in [3.63, 3.8) is 0 Å². The van der Waals surface area contributed by atoms with E-state index in [1.165, 1.54) is 18.3 Å². The van der Waals surface area contributed by atoms with Gasteiger partial charge in [-0.2, -0.15) is 18.2 Å². The van der Waals surface area contributed by atoms with Gasteiger partial charge in [0, 0.05) is 34.6 Å². The summed E-state index contributed by atoms with van der Waals surface area (Å²) >= 11 is 0. The molecular weight excluding hydrogens is 415 g/mol. The van der Waals surface area contributed by atoms with Crippen LogP contribution in [0.1, 0.15) is 17.1 Å². The van der Waals surface area contributed by atoms with Crippen molar-refractivity contribution in [2.45, 2.75) is 19.7 Å². The Bertz CT molecular complexity index is 1240. The van der Waals surface area contributed by atoms with Crippen LogP contribution in [-0.4, -0.2) is 26.2 Å². The molecule has 0 spiro atoms. The fourth-order valence-corrected chi connectivity index (χ4v) is 2.79. The minimum absolute atomic E-state index is 0.0243. The van der Waals surface area contributed by atoms with Gasteiger partial charge in [0.1, 0.15) is 6.61 Å². The molecule has 0 unspecified atom stereocenters. The van der Waals surface area contributed by atoms with Crippen LogP contribution < -0.4 is 5.32 Å².